The van der Waals surface area contributed by atoms with Crippen molar-refractivity contribution in [1.82, 2.24) is 0 Å². The van der Waals surface area contributed by atoms with Gasteiger partial charge in [0.2, 0.25) is 0 Å². The fraction of sp³-hybridized carbons (Fsp3) is 1.00. The molecule has 0 aliphatic rings. The summed E-state index contributed by atoms with van der Waals surface area (Å²) in [7, 11) is 4.10. The molecule has 0 aromatic rings. The van der Waals surface area contributed by atoms with Crippen molar-refractivity contribution in [3.8, 4) is 0 Å². The molecule has 0 rings (SSSR count). The Labute approximate surface area is 130 Å². The van der Waals surface area contributed by atoms with Crippen LogP contribution in [0.1, 0.15) is 91.4 Å². The van der Waals surface area contributed by atoms with Gasteiger partial charge in [-0.05, 0) is 31.4 Å². The van der Waals surface area contributed by atoms with E-state index < -0.39 is 0 Å². The van der Waals surface area contributed by atoms with Gasteiger partial charge in [0, 0.05) is 5.25 Å². The van der Waals surface area contributed by atoms with Crippen LogP contribution < -0.4 is 0 Å². The topological polar surface area (TPSA) is 0 Å². The summed E-state index contributed by atoms with van der Waals surface area (Å²) in [5.74, 6) is 0.969. The molecule has 19 heavy (non-hydrogen) atoms. The zero-order valence-electron chi connectivity index (χ0n) is 13.7. The quantitative estimate of drug-likeness (QED) is 0.243. The Bertz CT molecular complexity index is 159. The van der Waals surface area contributed by atoms with Crippen molar-refractivity contribution in [3.05, 3.63) is 0 Å². The third-order valence-corrected chi connectivity index (χ3v) is 6.48. The van der Waals surface area contributed by atoms with Gasteiger partial charge in [-0.3, -0.25) is 0 Å². The van der Waals surface area contributed by atoms with Crippen LogP contribution in [0, 0.1) is 5.92 Å². The molecule has 0 unspecified atom stereocenters. The van der Waals surface area contributed by atoms with Crippen molar-refractivity contribution in [2.45, 2.75) is 96.7 Å². The molecule has 0 fully saturated rings. The van der Waals surface area contributed by atoms with Gasteiger partial charge < -0.3 is 0 Å². The van der Waals surface area contributed by atoms with Crippen LogP contribution in [0.2, 0.25) is 0 Å². The van der Waals surface area contributed by atoms with Crippen molar-refractivity contribution in [1.29, 1.82) is 0 Å². The average Bonchev–Trinajstić information content (AvgIpc) is 2.43. The van der Waals surface area contributed by atoms with Crippen molar-refractivity contribution < 1.29 is 0 Å². The van der Waals surface area contributed by atoms with Crippen molar-refractivity contribution >= 4 is 21.6 Å². The summed E-state index contributed by atoms with van der Waals surface area (Å²) < 4.78 is 0. The Morgan fingerprint density at radius 1 is 0.737 bits per heavy atom. The lowest BCUT2D eigenvalue weighted by atomic mass is 9.90. The van der Waals surface area contributed by atoms with E-state index in [1.54, 1.807) is 0 Å². The van der Waals surface area contributed by atoms with Gasteiger partial charge in [0.15, 0.2) is 0 Å². The number of hydrogen-bond donors (Lipinski definition) is 0. The molecule has 0 aliphatic carbocycles. The highest BCUT2D eigenvalue weighted by molar-refractivity contribution is 8.76. The molecule has 0 spiro atoms. The van der Waals surface area contributed by atoms with Gasteiger partial charge in [0.1, 0.15) is 0 Å². The van der Waals surface area contributed by atoms with Gasteiger partial charge in [-0.2, -0.15) is 0 Å². The zero-order chi connectivity index (χ0) is 14.3. The second kappa shape index (κ2) is 15.1. The first kappa shape index (κ1) is 19.7. The fourth-order valence-corrected chi connectivity index (χ4v) is 5.22. The maximum atomic E-state index is 2.37. The minimum atomic E-state index is 0.887. The van der Waals surface area contributed by atoms with E-state index in [4.69, 9.17) is 0 Å². The first-order valence-corrected chi connectivity index (χ1v) is 11.1. The Hall–Kier alpha value is 0.700. The third kappa shape index (κ3) is 11.1. The van der Waals surface area contributed by atoms with Crippen molar-refractivity contribution in [2.24, 2.45) is 5.92 Å². The average molecular weight is 305 g/mol. The molecule has 0 nitrogen and oxygen atoms in total. The van der Waals surface area contributed by atoms with Crippen molar-refractivity contribution in [3.63, 3.8) is 0 Å². The van der Waals surface area contributed by atoms with E-state index in [1.807, 2.05) is 10.8 Å². The Morgan fingerprint density at radius 3 is 1.63 bits per heavy atom. The summed E-state index contributed by atoms with van der Waals surface area (Å²) in [4.78, 5) is 0. The highest BCUT2D eigenvalue weighted by atomic mass is 33.1. The van der Waals surface area contributed by atoms with Gasteiger partial charge >= 0.3 is 0 Å². The van der Waals surface area contributed by atoms with E-state index in [2.05, 4.69) is 37.8 Å². The lowest BCUT2D eigenvalue weighted by Gasteiger charge is -2.25. The smallest absolute Gasteiger partial charge is 0.0177 e. The van der Waals surface area contributed by atoms with E-state index in [0.717, 1.165) is 11.2 Å². The summed E-state index contributed by atoms with van der Waals surface area (Å²) in [5, 5.41) is 0.887. The molecule has 0 aliphatic heterocycles. The standard InChI is InChI=1S/C17H36S2/c1-5-8-10-12-14-16(15-13-11-9-6-2)17(7-3)19-18-4/h16-17H,5-15H2,1-4H3/t17-/m0/s1. The SMILES string of the molecule is CCCCCCC(CCCCCC)[C@H](CC)SSC. The van der Waals surface area contributed by atoms with Crippen molar-refractivity contribution in [2.75, 3.05) is 6.26 Å². The maximum Gasteiger partial charge on any atom is 0.0177 e. The molecular formula is C17H36S2. The second-order valence-electron chi connectivity index (χ2n) is 5.67. The molecular weight excluding hydrogens is 268 g/mol. The largest absolute Gasteiger partial charge is 0.0973 e. The minimum Gasteiger partial charge on any atom is -0.0973 e. The van der Waals surface area contributed by atoms with Gasteiger partial charge in [0.25, 0.3) is 0 Å². The molecule has 0 N–H and O–H groups in total. The van der Waals surface area contributed by atoms with E-state index >= 15 is 0 Å². The molecule has 0 amide bonds. The molecule has 0 aromatic heterocycles. The van der Waals surface area contributed by atoms with Crippen LogP contribution in [0.25, 0.3) is 0 Å². The number of rotatable bonds is 14. The van der Waals surface area contributed by atoms with Crippen LogP contribution in [0.5, 0.6) is 0 Å². The molecule has 0 bridgehead atoms. The molecule has 0 saturated heterocycles. The van der Waals surface area contributed by atoms with E-state index in [-0.39, 0.29) is 0 Å². The van der Waals surface area contributed by atoms with Crippen LogP contribution in [0.15, 0.2) is 0 Å². The first-order valence-electron chi connectivity index (χ1n) is 8.49. The van der Waals surface area contributed by atoms with Gasteiger partial charge in [0.05, 0.1) is 0 Å². The molecule has 0 aromatic carbocycles. The maximum absolute atomic E-state index is 2.37. The Morgan fingerprint density at radius 2 is 1.26 bits per heavy atom. The number of unbranched alkanes of at least 4 members (excludes halogenated alkanes) is 6. The van der Waals surface area contributed by atoms with E-state index in [0.29, 0.717) is 0 Å². The highest BCUT2D eigenvalue weighted by Gasteiger charge is 2.19. The van der Waals surface area contributed by atoms with Crippen LogP contribution >= 0.6 is 21.6 Å². The molecule has 0 saturated carbocycles. The third-order valence-electron chi connectivity index (χ3n) is 4.00. The first-order chi connectivity index (χ1) is 9.29. The van der Waals surface area contributed by atoms with E-state index in [1.165, 1.54) is 70.6 Å². The molecule has 0 heterocycles. The summed E-state index contributed by atoms with van der Waals surface area (Å²) in [6, 6.07) is 0. The predicted molar refractivity (Wildman–Crippen MR) is 96.2 cm³/mol. The molecule has 1 atom stereocenters. The summed E-state index contributed by atoms with van der Waals surface area (Å²) in [5.41, 5.74) is 0. The summed E-state index contributed by atoms with van der Waals surface area (Å²) in [6.45, 7) is 6.99. The molecule has 2 heteroatoms. The molecule has 0 radical (unpaired) electrons. The van der Waals surface area contributed by atoms with Crippen LogP contribution in [0.3, 0.4) is 0 Å². The summed E-state index contributed by atoms with van der Waals surface area (Å²) in [6.07, 6.45) is 17.9. The zero-order valence-corrected chi connectivity index (χ0v) is 15.4. The van der Waals surface area contributed by atoms with Gasteiger partial charge in [-0.15, -0.1) is 0 Å². The Balaban J connectivity index is 4.03. The normalized spacial score (nSPS) is 13.1. The lowest BCUT2D eigenvalue weighted by Crippen LogP contribution is -2.16. The monoisotopic (exact) mass is 304 g/mol. The van der Waals surface area contributed by atoms with Crippen LogP contribution in [0.4, 0.5) is 0 Å². The molecule has 116 valence electrons. The predicted octanol–water partition coefficient (Wildman–Crippen LogP) is 7.33. The lowest BCUT2D eigenvalue weighted by molar-refractivity contribution is 0.390. The van der Waals surface area contributed by atoms with E-state index in [9.17, 15) is 0 Å². The fourth-order valence-electron chi connectivity index (χ4n) is 2.79. The number of hydrogen-bond acceptors (Lipinski definition) is 2. The highest BCUT2D eigenvalue weighted by Crippen LogP contribution is 2.36. The summed E-state index contributed by atoms with van der Waals surface area (Å²) >= 11 is 0. The minimum absolute atomic E-state index is 0.887. The van der Waals surface area contributed by atoms with Gasteiger partial charge in [-0.25, -0.2) is 0 Å². The van der Waals surface area contributed by atoms with Crippen LogP contribution in [-0.2, 0) is 0 Å². The van der Waals surface area contributed by atoms with Gasteiger partial charge in [-0.1, -0.05) is 93.7 Å². The Kier molecular flexibility index (Phi) is 15.7. The van der Waals surface area contributed by atoms with Crippen LogP contribution in [-0.4, -0.2) is 11.5 Å². The second-order valence-corrected chi connectivity index (χ2v) is 8.38.